The van der Waals surface area contributed by atoms with Crippen LogP contribution in [0.5, 0.6) is 0 Å². The van der Waals surface area contributed by atoms with E-state index in [0.717, 1.165) is 5.69 Å². The van der Waals surface area contributed by atoms with Crippen LogP contribution in [-0.4, -0.2) is 4.92 Å². The monoisotopic (exact) mass is 296 g/mol. The molecule has 0 aromatic heterocycles. The Morgan fingerprint density at radius 2 is 1.95 bits per heavy atom. The molecule has 19 heavy (non-hydrogen) atoms. The zero-order chi connectivity index (χ0) is 13.8. The van der Waals surface area contributed by atoms with Crippen molar-refractivity contribution in [3.63, 3.8) is 0 Å². The van der Waals surface area contributed by atoms with Gasteiger partial charge in [-0.2, -0.15) is 0 Å². The molecule has 1 N–H and O–H groups in total. The number of hydrogen-bond acceptors (Lipinski definition) is 3. The molecule has 4 nitrogen and oxygen atoms in total. The molecular formula is C13H10Cl2N2O2. The van der Waals surface area contributed by atoms with Gasteiger partial charge in [0.2, 0.25) is 0 Å². The third-order valence-electron chi connectivity index (χ3n) is 2.55. The largest absolute Gasteiger partial charge is 0.381 e. The predicted molar refractivity (Wildman–Crippen MR) is 76.9 cm³/mol. The van der Waals surface area contributed by atoms with Crippen molar-refractivity contribution >= 4 is 34.6 Å². The number of benzene rings is 2. The number of non-ortho nitro benzene ring substituents is 1. The fourth-order valence-corrected chi connectivity index (χ4v) is 1.98. The SMILES string of the molecule is O=[N+]([O-])c1ccc(Cl)c(CNc2cccc(Cl)c2)c1. The third kappa shape index (κ3) is 3.59. The number of anilines is 1. The number of nitrogens with zero attached hydrogens (tertiary/aromatic N) is 1. The first-order valence-corrected chi connectivity index (χ1v) is 6.24. The topological polar surface area (TPSA) is 55.2 Å². The van der Waals surface area contributed by atoms with Crippen LogP contribution in [0.3, 0.4) is 0 Å². The van der Waals surface area contributed by atoms with Gasteiger partial charge in [0.25, 0.3) is 5.69 Å². The van der Waals surface area contributed by atoms with E-state index in [-0.39, 0.29) is 5.69 Å². The molecule has 0 aliphatic carbocycles. The Hall–Kier alpha value is -1.78. The van der Waals surface area contributed by atoms with E-state index >= 15 is 0 Å². The molecule has 0 radical (unpaired) electrons. The van der Waals surface area contributed by atoms with Gasteiger partial charge < -0.3 is 5.32 Å². The average Bonchev–Trinajstić information content (AvgIpc) is 2.37. The standard InChI is InChI=1S/C13H10Cl2N2O2/c14-10-2-1-3-11(7-10)16-8-9-6-12(17(18)19)4-5-13(9)15/h1-7,16H,8H2. The molecule has 0 heterocycles. The molecule has 6 heteroatoms. The Bertz CT molecular complexity index is 617. The first kappa shape index (κ1) is 13.6. The van der Waals surface area contributed by atoms with E-state index in [4.69, 9.17) is 23.2 Å². The van der Waals surface area contributed by atoms with Crippen LogP contribution in [-0.2, 0) is 6.54 Å². The lowest BCUT2D eigenvalue weighted by atomic mass is 10.2. The van der Waals surface area contributed by atoms with E-state index in [9.17, 15) is 10.1 Å². The van der Waals surface area contributed by atoms with Crippen molar-refractivity contribution in [1.82, 2.24) is 0 Å². The maximum atomic E-state index is 10.7. The van der Waals surface area contributed by atoms with Gasteiger partial charge in [0, 0.05) is 34.4 Å². The molecule has 0 saturated heterocycles. The highest BCUT2D eigenvalue weighted by Gasteiger charge is 2.09. The highest BCUT2D eigenvalue weighted by Crippen LogP contribution is 2.23. The lowest BCUT2D eigenvalue weighted by molar-refractivity contribution is -0.384. The van der Waals surface area contributed by atoms with Gasteiger partial charge in [-0.15, -0.1) is 0 Å². The second-order valence-corrected chi connectivity index (χ2v) is 4.74. The van der Waals surface area contributed by atoms with Crippen LogP contribution in [0.15, 0.2) is 42.5 Å². The summed E-state index contributed by atoms with van der Waals surface area (Å²) in [5.41, 5.74) is 1.51. The van der Waals surface area contributed by atoms with Crippen molar-refractivity contribution in [3.8, 4) is 0 Å². The second kappa shape index (κ2) is 5.91. The number of halogens is 2. The first-order chi connectivity index (χ1) is 9.06. The minimum Gasteiger partial charge on any atom is -0.381 e. The van der Waals surface area contributed by atoms with Gasteiger partial charge in [-0.1, -0.05) is 29.3 Å². The van der Waals surface area contributed by atoms with Crippen molar-refractivity contribution in [2.24, 2.45) is 0 Å². The van der Waals surface area contributed by atoms with Gasteiger partial charge in [0.15, 0.2) is 0 Å². The van der Waals surface area contributed by atoms with E-state index in [0.29, 0.717) is 22.2 Å². The van der Waals surface area contributed by atoms with Crippen LogP contribution in [0.1, 0.15) is 5.56 Å². The van der Waals surface area contributed by atoms with Gasteiger partial charge in [-0.05, 0) is 29.8 Å². The molecule has 0 bridgehead atoms. The number of nitro benzene ring substituents is 1. The molecule has 0 aliphatic rings. The Balaban J connectivity index is 2.15. The summed E-state index contributed by atoms with van der Waals surface area (Å²) in [4.78, 5) is 10.3. The molecule has 2 aromatic carbocycles. The fourth-order valence-electron chi connectivity index (χ4n) is 1.61. The highest BCUT2D eigenvalue weighted by molar-refractivity contribution is 6.31. The summed E-state index contributed by atoms with van der Waals surface area (Å²) in [5, 5.41) is 14.9. The molecule has 0 saturated carbocycles. The van der Waals surface area contributed by atoms with Crippen LogP contribution < -0.4 is 5.32 Å². The van der Waals surface area contributed by atoms with Crippen LogP contribution in [0.2, 0.25) is 10.0 Å². The van der Waals surface area contributed by atoms with Crippen molar-refractivity contribution < 1.29 is 4.92 Å². The first-order valence-electron chi connectivity index (χ1n) is 5.48. The average molecular weight is 297 g/mol. The summed E-state index contributed by atoms with van der Waals surface area (Å²) in [6, 6.07) is 11.6. The maximum Gasteiger partial charge on any atom is 0.269 e. The molecule has 2 aromatic rings. The van der Waals surface area contributed by atoms with Crippen molar-refractivity contribution in [1.29, 1.82) is 0 Å². The predicted octanol–water partition coefficient (Wildman–Crippen LogP) is 4.51. The Morgan fingerprint density at radius 1 is 1.16 bits per heavy atom. The van der Waals surface area contributed by atoms with Crippen molar-refractivity contribution in [3.05, 3.63) is 68.2 Å². The summed E-state index contributed by atoms with van der Waals surface area (Å²) in [5.74, 6) is 0. The minimum absolute atomic E-state index is 0.0206. The fraction of sp³-hybridized carbons (Fsp3) is 0.0769. The lowest BCUT2D eigenvalue weighted by Crippen LogP contribution is -2.01. The van der Waals surface area contributed by atoms with Gasteiger partial charge in [-0.25, -0.2) is 0 Å². The Labute approximate surface area is 120 Å². The molecule has 0 spiro atoms. The molecule has 0 aliphatic heterocycles. The van der Waals surface area contributed by atoms with Crippen LogP contribution in [0.25, 0.3) is 0 Å². The molecule has 98 valence electrons. The normalized spacial score (nSPS) is 10.2. The molecular weight excluding hydrogens is 287 g/mol. The lowest BCUT2D eigenvalue weighted by Gasteiger charge is -2.08. The van der Waals surface area contributed by atoms with Crippen LogP contribution >= 0.6 is 23.2 Å². The van der Waals surface area contributed by atoms with E-state index in [1.54, 1.807) is 12.1 Å². The highest BCUT2D eigenvalue weighted by atomic mass is 35.5. The quantitative estimate of drug-likeness (QED) is 0.667. The number of nitro groups is 1. The second-order valence-electron chi connectivity index (χ2n) is 3.90. The Morgan fingerprint density at radius 3 is 2.63 bits per heavy atom. The van der Waals surface area contributed by atoms with Gasteiger partial charge >= 0.3 is 0 Å². The van der Waals surface area contributed by atoms with Crippen molar-refractivity contribution in [2.45, 2.75) is 6.54 Å². The van der Waals surface area contributed by atoms with E-state index in [1.807, 2.05) is 12.1 Å². The number of hydrogen-bond donors (Lipinski definition) is 1. The summed E-state index contributed by atoms with van der Waals surface area (Å²) in [7, 11) is 0. The van der Waals surface area contributed by atoms with E-state index in [2.05, 4.69) is 5.32 Å². The van der Waals surface area contributed by atoms with Crippen LogP contribution in [0.4, 0.5) is 11.4 Å². The third-order valence-corrected chi connectivity index (χ3v) is 3.15. The smallest absolute Gasteiger partial charge is 0.269 e. The molecule has 0 unspecified atom stereocenters. The number of rotatable bonds is 4. The summed E-state index contributed by atoms with van der Waals surface area (Å²) in [6.07, 6.45) is 0. The molecule has 0 atom stereocenters. The molecule has 0 amide bonds. The minimum atomic E-state index is -0.445. The summed E-state index contributed by atoms with van der Waals surface area (Å²) >= 11 is 11.9. The van der Waals surface area contributed by atoms with Crippen LogP contribution in [0, 0.1) is 10.1 Å². The maximum absolute atomic E-state index is 10.7. The van der Waals surface area contributed by atoms with Gasteiger partial charge in [0.1, 0.15) is 0 Å². The van der Waals surface area contributed by atoms with Gasteiger partial charge in [-0.3, -0.25) is 10.1 Å². The molecule has 2 rings (SSSR count). The summed E-state index contributed by atoms with van der Waals surface area (Å²) in [6.45, 7) is 0.390. The van der Waals surface area contributed by atoms with Gasteiger partial charge in [0.05, 0.1) is 4.92 Å². The van der Waals surface area contributed by atoms with Crippen molar-refractivity contribution in [2.75, 3.05) is 5.32 Å². The Kier molecular flexibility index (Phi) is 4.24. The molecule has 0 fully saturated rings. The summed E-state index contributed by atoms with van der Waals surface area (Å²) < 4.78 is 0. The number of nitrogens with one attached hydrogen (secondary N) is 1. The van der Waals surface area contributed by atoms with E-state index in [1.165, 1.54) is 18.2 Å². The van der Waals surface area contributed by atoms with E-state index < -0.39 is 4.92 Å². The zero-order valence-corrected chi connectivity index (χ0v) is 11.3. The zero-order valence-electron chi connectivity index (χ0n) is 9.77.